The van der Waals surface area contributed by atoms with E-state index in [-0.39, 0.29) is 6.42 Å². The summed E-state index contributed by atoms with van der Waals surface area (Å²) < 4.78 is 125. The van der Waals surface area contributed by atoms with E-state index in [2.05, 4.69) is 19.9 Å². The maximum absolute atomic E-state index is 14.9. The van der Waals surface area contributed by atoms with Crippen LogP contribution in [0.1, 0.15) is 18.5 Å². The molecule has 0 amide bonds. The third-order valence-electron chi connectivity index (χ3n) is 6.11. The van der Waals surface area contributed by atoms with Gasteiger partial charge in [-0.1, -0.05) is 6.07 Å². The molecule has 3 N–H and O–H groups in total. The lowest BCUT2D eigenvalue weighted by molar-refractivity contribution is -0.193. The van der Waals surface area contributed by atoms with Gasteiger partial charge in [0.2, 0.25) is 0 Å². The van der Waals surface area contributed by atoms with Gasteiger partial charge >= 0.3 is 36.4 Å². The summed E-state index contributed by atoms with van der Waals surface area (Å²) in [5.41, 5.74) is -0.107. The molecule has 4 heterocycles. The monoisotopic (exact) mass is 687 g/mol. The number of hydrogen-bond donors (Lipinski definition) is 3. The van der Waals surface area contributed by atoms with Gasteiger partial charge < -0.3 is 20.2 Å². The fraction of sp³-hybridized carbons (Fsp3) is 0.500. The fourth-order valence-corrected chi connectivity index (χ4v) is 3.99. The molecule has 1 spiro atoms. The highest BCUT2D eigenvalue weighted by Gasteiger charge is 2.59. The van der Waals surface area contributed by atoms with Crippen LogP contribution in [0.3, 0.4) is 0 Å². The topological polar surface area (TPSA) is 157 Å². The highest BCUT2D eigenvalue weighted by Crippen LogP contribution is 2.50. The first-order valence-corrected chi connectivity index (χ1v) is 12.3. The normalized spacial score (nSPS) is 19.4. The van der Waals surface area contributed by atoms with E-state index in [1.165, 1.54) is 0 Å². The first kappa shape index (κ1) is 39.7. The minimum absolute atomic E-state index is 0.103. The van der Waals surface area contributed by atoms with Gasteiger partial charge in [0.25, 0.3) is 5.92 Å². The van der Waals surface area contributed by atoms with Crippen molar-refractivity contribution in [1.82, 2.24) is 19.9 Å². The minimum Gasteiger partial charge on any atom is -0.475 e. The largest absolute Gasteiger partial charge is 0.490 e. The molecule has 0 aliphatic carbocycles. The average Bonchev–Trinajstić information content (AvgIpc) is 3.37. The first-order valence-electron chi connectivity index (χ1n) is 12.3. The smallest absolute Gasteiger partial charge is 0.475 e. The first-order chi connectivity index (χ1) is 20.9. The molecule has 11 nitrogen and oxygen atoms in total. The Kier molecular flexibility index (Phi) is 13.6. The molecule has 0 radical (unpaired) electrons. The highest BCUT2D eigenvalue weighted by atomic mass is 19.4. The van der Waals surface area contributed by atoms with Crippen LogP contribution in [-0.4, -0.2) is 104 Å². The van der Waals surface area contributed by atoms with E-state index in [0.717, 1.165) is 5.69 Å². The quantitative estimate of drug-likeness (QED) is 0.390. The predicted molar refractivity (Wildman–Crippen MR) is 131 cm³/mol. The lowest BCUT2D eigenvalue weighted by Crippen LogP contribution is -2.56. The SMILES string of the molecule is FC1(F)CCN(Cc2ccccn2)CC12CCN(c1cnccn1)C2.O=C(O)C(F)(F)F.O=C(O)C(F)(F)F.O=C(O)C(F)(F)F. The van der Waals surface area contributed by atoms with Crippen molar-refractivity contribution in [2.75, 3.05) is 31.1 Å². The van der Waals surface area contributed by atoms with E-state index >= 15 is 0 Å². The van der Waals surface area contributed by atoms with Gasteiger partial charge in [-0.25, -0.2) is 28.1 Å². The molecule has 2 saturated heterocycles. The summed E-state index contributed by atoms with van der Waals surface area (Å²) in [5.74, 6) is -10.3. The van der Waals surface area contributed by atoms with E-state index in [9.17, 15) is 48.3 Å². The van der Waals surface area contributed by atoms with Crippen molar-refractivity contribution >= 4 is 23.7 Å². The molecule has 2 aliphatic heterocycles. The molecule has 0 bridgehead atoms. The molecule has 2 fully saturated rings. The van der Waals surface area contributed by atoms with Crippen molar-refractivity contribution in [3.8, 4) is 0 Å². The summed E-state index contributed by atoms with van der Waals surface area (Å²) in [5, 5.41) is 21.4. The fourth-order valence-electron chi connectivity index (χ4n) is 3.99. The highest BCUT2D eigenvalue weighted by molar-refractivity contribution is 5.73. The minimum atomic E-state index is -5.08. The van der Waals surface area contributed by atoms with Crippen molar-refractivity contribution in [1.29, 1.82) is 0 Å². The lowest BCUT2D eigenvalue weighted by Gasteiger charge is -2.45. The molecule has 4 rings (SSSR count). The third-order valence-corrected chi connectivity index (χ3v) is 6.11. The molecular formula is C24H24F11N5O6. The maximum atomic E-state index is 14.9. The number of pyridine rings is 1. The van der Waals surface area contributed by atoms with Crippen molar-refractivity contribution in [2.45, 2.75) is 43.8 Å². The van der Waals surface area contributed by atoms with Crippen LogP contribution in [0.25, 0.3) is 0 Å². The molecule has 1 atom stereocenters. The van der Waals surface area contributed by atoms with Gasteiger partial charge in [-0.15, -0.1) is 0 Å². The summed E-state index contributed by atoms with van der Waals surface area (Å²) >= 11 is 0. The van der Waals surface area contributed by atoms with Crippen molar-refractivity contribution in [3.63, 3.8) is 0 Å². The van der Waals surface area contributed by atoms with Crippen LogP contribution in [0, 0.1) is 5.41 Å². The Morgan fingerprint density at radius 3 is 1.67 bits per heavy atom. The molecular weight excluding hydrogens is 663 g/mol. The lowest BCUT2D eigenvalue weighted by atomic mass is 9.75. The number of hydrogen-bond acceptors (Lipinski definition) is 8. The second-order valence-corrected chi connectivity index (χ2v) is 9.41. The summed E-state index contributed by atoms with van der Waals surface area (Å²) in [4.78, 5) is 43.4. The van der Waals surface area contributed by atoms with Crippen LogP contribution >= 0.6 is 0 Å². The van der Waals surface area contributed by atoms with Gasteiger partial charge in [-0.2, -0.15) is 39.5 Å². The van der Waals surface area contributed by atoms with Crippen LogP contribution in [0.4, 0.5) is 54.1 Å². The zero-order valence-electron chi connectivity index (χ0n) is 23.0. The summed E-state index contributed by atoms with van der Waals surface area (Å²) in [6, 6.07) is 5.74. The maximum Gasteiger partial charge on any atom is 0.490 e. The van der Waals surface area contributed by atoms with Gasteiger partial charge in [0.05, 0.1) is 17.3 Å². The van der Waals surface area contributed by atoms with Crippen LogP contribution < -0.4 is 4.90 Å². The number of piperidine rings is 1. The van der Waals surface area contributed by atoms with Crippen molar-refractivity contribution < 1.29 is 78.0 Å². The second-order valence-electron chi connectivity index (χ2n) is 9.41. The standard InChI is InChI=1S/C18H21F2N5.3C2HF3O2/c19-18(20)5-9-24(12-15-3-1-2-6-22-15)13-17(18)4-10-25(14-17)16-11-21-7-8-23-16;3*3-2(4,5)1(6)7/h1-3,6-8,11H,4-5,9-10,12-14H2;3*(H,6,7). The summed E-state index contributed by atoms with van der Waals surface area (Å²) in [7, 11) is 0. The zero-order valence-corrected chi connectivity index (χ0v) is 23.0. The van der Waals surface area contributed by atoms with Gasteiger partial charge in [0, 0.05) is 57.7 Å². The molecule has 2 aromatic heterocycles. The summed E-state index contributed by atoms with van der Waals surface area (Å²) in [6.45, 7) is 2.30. The molecule has 46 heavy (non-hydrogen) atoms. The number of carboxylic acids is 3. The number of alkyl halides is 11. The number of carbonyl (C=O) groups is 3. The Morgan fingerprint density at radius 1 is 0.739 bits per heavy atom. The van der Waals surface area contributed by atoms with Crippen molar-refractivity contribution in [2.24, 2.45) is 5.41 Å². The Morgan fingerprint density at radius 2 is 1.26 bits per heavy atom. The number of anilines is 1. The number of rotatable bonds is 3. The molecule has 2 aliphatic rings. The second kappa shape index (κ2) is 15.8. The van der Waals surface area contributed by atoms with Gasteiger partial charge in [0.1, 0.15) is 5.82 Å². The zero-order chi connectivity index (χ0) is 35.6. The number of likely N-dealkylation sites (tertiary alicyclic amines) is 1. The van der Waals surface area contributed by atoms with E-state index < -0.39 is 47.8 Å². The number of aliphatic carboxylic acids is 3. The Bertz CT molecular complexity index is 1220. The Balaban J connectivity index is 0.000000413. The van der Waals surface area contributed by atoms with Crippen LogP contribution in [0.15, 0.2) is 43.0 Å². The van der Waals surface area contributed by atoms with Crippen LogP contribution in [0.2, 0.25) is 0 Å². The van der Waals surface area contributed by atoms with Gasteiger partial charge in [-0.05, 0) is 18.6 Å². The molecule has 0 aromatic carbocycles. The number of aromatic nitrogens is 3. The van der Waals surface area contributed by atoms with Gasteiger partial charge in [0.15, 0.2) is 0 Å². The number of carboxylic acid groups (broad SMARTS) is 3. The molecule has 258 valence electrons. The van der Waals surface area contributed by atoms with E-state index in [4.69, 9.17) is 29.7 Å². The molecule has 2 aromatic rings. The molecule has 1 unspecified atom stereocenters. The third kappa shape index (κ3) is 12.6. The van der Waals surface area contributed by atoms with E-state index in [0.29, 0.717) is 45.0 Å². The predicted octanol–water partition coefficient (Wildman–Crippen LogP) is 4.51. The number of halogens is 11. The van der Waals surface area contributed by atoms with Gasteiger partial charge in [-0.3, -0.25) is 14.9 Å². The summed E-state index contributed by atoms with van der Waals surface area (Å²) in [6.07, 6.45) is -8.30. The van der Waals surface area contributed by atoms with Crippen LogP contribution in [0.5, 0.6) is 0 Å². The van der Waals surface area contributed by atoms with E-state index in [1.807, 2.05) is 23.1 Å². The molecule has 0 saturated carbocycles. The Hall–Kier alpha value is -4.37. The molecule has 22 heteroatoms. The Labute approximate surface area is 251 Å². The van der Waals surface area contributed by atoms with Crippen molar-refractivity contribution in [3.05, 3.63) is 48.7 Å². The average molecular weight is 687 g/mol. The van der Waals surface area contributed by atoms with E-state index in [1.54, 1.807) is 24.8 Å². The number of nitrogens with zero attached hydrogens (tertiary/aromatic N) is 5. The van der Waals surface area contributed by atoms with Crippen LogP contribution in [-0.2, 0) is 20.9 Å².